The predicted octanol–water partition coefficient (Wildman–Crippen LogP) is 1.48. The van der Waals surface area contributed by atoms with Crippen molar-refractivity contribution >= 4 is 27.3 Å². The zero-order valence-corrected chi connectivity index (χ0v) is 12.2. The standard InChI is InChI=1S/C12H18N2O3S2/c15-11(14-10-5-2-1-3-6-10)9-13-19(16,17)12-7-4-8-18-12/h4,7-8,10,13H,1-3,5-6,9H2,(H,14,15). The van der Waals surface area contributed by atoms with Gasteiger partial charge in [-0.1, -0.05) is 25.3 Å². The highest BCUT2D eigenvalue weighted by Crippen LogP contribution is 2.17. The van der Waals surface area contributed by atoms with Crippen molar-refractivity contribution in [1.29, 1.82) is 0 Å². The molecule has 1 saturated carbocycles. The van der Waals surface area contributed by atoms with E-state index in [-0.39, 0.29) is 22.7 Å². The number of hydrogen-bond donors (Lipinski definition) is 2. The minimum Gasteiger partial charge on any atom is -0.352 e. The Balaban J connectivity index is 1.80. The third-order valence-corrected chi connectivity index (χ3v) is 5.95. The lowest BCUT2D eigenvalue weighted by atomic mass is 9.95. The predicted molar refractivity (Wildman–Crippen MR) is 74.5 cm³/mol. The van der Waals surface area contributed by atoms with Crippen molar-refractivity contribution in [3.8, 4) is 0 Å². The average Bonchev–Trinajstić information content (AvgIpc) is 2.92. The van der Waals surface area contributed by atoms with Gasteiger partial charge in [-0.25, -0.2) is 13.1 Å². The van der Waals surface area contributed by atoms with E-state index >= 15 is 0 Å². The molecule has 1 aromatic heterocycles. The van der Waals surface area contributed by atoms with Crippen LogP contribution in [0.5, 0.6) is 0 Å². The summed E-state index contributed by atoms with van der Waals surface area (Å²) in [6.07, 6.45) is 5.46. The van der Waals surface area contributed by atoms with Gasteiger partial charge in [0, 0.05) is 6.04 Å². The molecule has 1 aliphatic carbocycles. The largest absolute Gasteiger partial charge is 0.352 e. The van der Waals surface area contributed by atoms with Gasteiger partial charge in [0.15, 0.2) is 0 Å². The monoisotopic (exact) mass is 302 g/mol. The Morgan fingerprint density at radius 3 is 2.68 bits per heavy atom. The number of carbonyl (C=O) groups is 1. The van der Waals surface area contributed by atoms with Gasteiger partial charge in [-0.15, -0.1) is 11.3 Å². The summed E-state index contributed by atoms with van der Waals surface area (Å²) in [5.41, 5.74) is 0. The summed E-state index contributed by atoms with van der Waals surface area (Å²) in [5.74, 6) is -0.257. The second kappa shape index (κ2) is 6.49. The Morgan fingerprint density at radius 2 is 2.05 bits per heavy atom. The SMILES string of the molecule is O=C(CNS(=O)(=O)c1cccs1)NC1CCCCC1. The quantitative estimate of drug-likeness (QED) is 0.865. The van der Waals surface area contributed by atoms with Crippen LogP contribution in [0, 0.1) is 0 Å². The molecule has 106 valence electrons. The number of rotatable bonds is 5. The van der Waals surface area contributed by atoms with E-state index in [1.165, 1.54) is 12.5 Å². The van der Waals surface area contributed by atoms with E-state index in [1.54, 1.807) is 11.4 Å². The molecule has 5 nitrogen and oxygen atoms in total. The van der Waals surface area contributed by atoms with Crippen LogP contribution < -0.4 is 10.0 Å². The molecular weight excluding hydrogens is 284 g/mol. The summed E-state index contributed by atoms with van der Waals surface area (Å²) in [7, 11) is -3.55. The molecule has 1 aliphatic rings. The highest BCUT2D eigenvalue weighted by molar-refractivity contribution is 7.91. The Hall–Kier alpha value is -0.920. The zero-order chi connectivity index (χ0) is 13.7. The molecule has 0 unspecified atom stereocenters. The van der Waals surface area contributed by atoms with Crippen LogP contribution in [0.25, 0.3) is 0 Å². The summed E-state index contributed by atoms with van der Waals surface area (Å²) in [4.78, 5) is 11.7. The number of nitrogens with one attached hydrogen (secondary N) is 2. The molecule has 0 aliphatic heterocycles. The number of thiophene rings is 1. The second-order valence-electron chi connectivity index (χ2n) is 4.66. The zero-order valence-electron chi connectivity index (χ0n) is 10.6. The lowest BCUT2D eigenvalue weighted by Crippen LogP contribution is -2.42. The van der Waals surface area contributed by atoms with Crippen LogP contribution in [-0.4, -0.2) is 26.9 Å². The van der Waals surface area contributed by atoms with Gasteiger partial charge in [0.05, 0.1) is 6.54 Å². The summed E-state index contributed by atoms with van der Waals surface area (Å²) in [6.45, 7) is -0.198. The second-order valence-corrected chi connectivity index (χ2v) is 7.60. The fraction of sp³-hybridized carbons (Fsp3) is 0.583. The minimum absolute atomic E-state index is 0.198. The van der Waals surface area contributed by atoms with Crippen LogP contribution in [0.2, 0.25) is 0 Å². The van der Waals surface area contributed by atoms with Crippen molar-refractivity contribution in [2.45, 2.75) is 42.4 Å². The first-order chi connectivity index (χ1) is 9.08. The van der Waals surface area contributed by atoms with Crippen molar-refractivity contribution in [1.82, 2.24) is 10.0 Å². The molecule has 1 amide bonds. The lowest BCUT2D eigenvalue weighted by molar-refractivity contribution is -0.120. The third-order valence-electron chi connectivity index (χ3n) is 3.15. The van der Waals surface area contributed by atoms with Gasteiger partial charge in [-0.05, 0) is 24.3 Å². The van der Waals surface area contributed by atoms with E-state index in [0.29, 0.717) is 0 Å². The molecule has 7 heteroatoms. The maximum absolute atomic E-state index is 11.8. The topological polar surface area (TPSA) is 75.3 Å². The average molecular weight is 302 g/mol. The molecule has 1 fully saturated rings. The molecule has 0 atom stereocenters. The Bertz CT molecular complexity index is 505. The molecule has 0 saturated heterocycles. The fourth-order valence-electron chi connectivity index (χ4n) is 2.17. The van der Waals surface area contributed by atoms with Crippen LogP contribution in [0.1, 0.15) is 32.1 Å². The van der Waals surface area contributed by atoms with Crippen LogP contribution >= 0.6 is 11.3 Å². The van der Waals surface area contributed by atoms with Crippen LogP contribution in [0.4, 0.5) is 0 Å². The van der Waals surface area contributed by atoms with E-state index in [4.69, 9.17) is 0 Å². The maximum Gasteiger partial charge on any atom is 0.250 e. The Morgan fingerprint density at radius 1 is 1.32 bits per heavy atom. The maximum atomic E-state index is 11.8. The Labute approximate surface area is 117 Å². The van der Waals surface area contributed by atoms with Gasteiger partial charge in [0.1, 0.15) is 4.21 Å². The first kappa shape index (κ1) is 14.5. The minimum atomic E-state index is -3.55. The highest BCUT2D eigenvalue weighted by Gasteiger charge is 2.19. The molecule has 0 spiro atoms. The van der Waals surface area contributed by atoms with Crippen molar-refractivity contribution in [3.05, 3.63) is 17.5 Å². The van der Waals surface area contributed by atoms with Gasteiger partial charge in [0.25, 0.3) is 10.0 Å². The highest BCUT2D eigenvalue weighted by atomic mass is 32.2. The molecule has 0 radical (unpaired) electrons. The van der Waals surface area contributed by atoms with Crippen LogP contribution in [-0.2, 0) is 14.8 Å². The summed E-state index contributed by atoms with van der Waals surface area (Å²) in [5, 5.41) is 4.57. The molecule has 0 aromatic carbocycles. The third kappa shape index (κ3) is 4.29. The fourth-order valence-corrected chi connectivity index (χ4v) is 4.19. The molecular formula is C12H18N2O3S2. The van der Waals surface area contributed by atoms with E-state index in [9.17, 15) is 13.2 Å². The molecule has 2 N–H and O–H groups in total. The molecule has 2 rings (SSSR count). The van der Waals surface area contributed by atoms with Gasteiger partial charge < -0.3 is 5.32 Å². The molecule has 0 bridgehead atoms. The van der Waals surface area contributed by atoms with Crippen LogP contribution in [0.3, 0.4) is 0 Å². The summed E-state index contributed by atoms with van der Waals surface area (Å²) >= 11 is 1.14. The summed E-state index contributed by atoms with van der Waals surface area (Å²) < 4.78 is 26.2. The smallest absolute Gasteiger partial charge is 0.250 e. The Kier molecular flexibility index (Phi) is 4.95. The number of hydrogen-bond acceptors (Lipinski definition) is 4. The number of sulfonamides is 1. The van der Waals surface area contributed by atoms with E-state index in [0.717, 1.165) is 37.0 Å². The molecule has 1 aromatic rings. The van der Waals surface area contributed by atoms with Gasteiger partial charge >= 0.3 is 0 Å². The van der Waals surface area contributed by atoms with E-state index in [1.807, 2.05) is 0 Å². The van der Waals surface area contributed by atoms with E-state index < -0.39 is 10.0 Å². The normalized spacial score (nSPS) is 17.3. The van der Waals surface area contributed by atoms with E-state index in [2.05, 4.69) is 10.0 Å². The van der Waals surface area contributed by atoms with Gasteiger partial charge in [0.2, 0.25) is 5.91 Å². The van der Waals surface area contributed by atoms with Gasteiger partial charge in [-0.2, -0.15) is 0 Å². The number of carbonyl (C=O) groups excluding carboxylic acids is 1. The summed E-state index contributed by atoms with van der Waals surface area (Å²) in [6, 6.07) is 3.39. The molecule has 19 heavy (non-hydrogen) atoms. The van der Waals surface area contributed by atoms with Gasteiger partial charge in [-0.3, -0.25) is 4.79 Å². The van der Waals surface area contributed by atoms with Crippen molar-refractivity contribution in [2.24, 2.45) is 0 Å². The van der Waals surface area contributed by atoms with Crippen molar-refractivity contribution in [3.63, 3.8) is 0 Å². The van der Waals surface area contributed by atoms with Crippen LogP contribution in [0.15, 0.2) is 21.7 Å². The van der Waals surface area contributed by atoms with Crippen molar-refractivity contribution in [2.75, 3.05) is 6.54 Å². The molecule has 1 heterocycles. The first-order valence-electron chi connectivity index (χ1n) is 6.40. The lowest BCUT2D eigenvalue weighted by Gasteiger charge is -2.22. The van der Waals surface area contributed by atoms with Crippen molar-refractivity contribution < 1.29 is 13.2 Å². The number of amides is 1. The first-order valence-corrected chi connectivity index (χ1v) is 8.77.